The van der Waals surface area contributed by atoms with Gasteiger partial charge in [0.25, 0.3) is 5.91 Å². The number of hydrogen-bond acceptors (Lipinski definition) is 4. The van der Waals surface area contributed by atoms with Crippen molar-refractivity contribution in [1.29, 1.82) is 0 Å². The predicted octanol–water partition coefficient (Wildman–Crippen LogP) is 1.43. The van der Waals surface area contributed by atoms with Crippen LogP contribution in [0.1, 0.15) is 10.4 Å². The van der Waals surface area contributed by atoms with E-state index in [1.54, 1.807) is 12.1 Å². The third kappa shape index (κ3) is 2.14. The van der Waals surface area contributed by atoms with Crippen LogP contribution in [0, 0.1) is 0 Å². The first-order valence-electron chi connectivity index (χ1n) is 4.62. The van der Waals surface area contributed by atoms with Gasteiger partial charge in [-0.25, -0.2) is 0 Å². The summed E-state index contributed by atoms with van der Waals surface area (Å²) in [5.41, 5.74) is 0.808. The van der Waals surface area contributed by atoms with Crippen molar-refractivity contribution in [2.24, 2.45) is 0 Å². The van der Waals surface area contributed by atoms with Crippen LogP contribution >= 0.6 is 0 Å². The highest BCUT2D eigenvalue weighted by Gasteiger charge is 2.07. The summed E-state index contributed by atoms with van der Waals surface area (Å²) >= 11 is 0. The first-order chi connectivity index (χ1) is 7.77. The molecule has 0 aliphatic heterocycles. The third-order valence-corrected chi connectivity index (χ3v) is 1.99. The summed E-state index contributed by atoms with van der Waals surface area (Å²) in [5.74, 6) is -0.367. The second-order valence-corrected chi connectivity index (χ2v) is 3.08. The predicted molar refractivity (Wildman–Crippen MR) is 58.1 cm³/mol. The van der Waals surface area contributed by atoms with E-state index in [0.717, 1.165) is 0 Å². The molecule has 2 N–H and O–H groups in total. The quantitative estimate of drug-likeness (QED) is 0.794. The minimum absolute atomic E-state index is 0.0649. The van der Waals surface area contributed by atoms with E-state index in [1.165, 1.54) is 30.9 Å². The van der Waals surface area contributed by atoms with Gasteiger partial charge in [0.05, 0.1) is 11.9 Å². The van der Waals surface area contributed by atoms with Crippen LogP contribution < -0.4 is 5.32 Å². The molecule has 0 saturated heterocycles. The van der Waals surface area contributed by atoms with E-state index in [1.807, 2.05) is 0 Å². The average Bonchev–Trinajstić information content (AvgIpc) is 2.33. The molecule has 0 bridgehead atoms. The van der Waals surface area contributed by atoms with Gasteiger partial charge < -0.3 is 10.4 Å². The standard InChI is InChI=1S/C11H9N3O2/c15-10-7-13-6-3-9(10)14-11(16)8-1-4-12-5-2-8/h1-7,15H,(H,13,14,16). The van der Waals surface area contributed by atoms with E-state index in [2.05, 4.69) is 15.3 Å². The van der Waals surface area contributed by atoms with Gasteiger partial charge in [-0.1, -0.05) is 0 Å². The van der Waals surface area contributed by atoms with Crippen molar-refractivity contribution in [1.82, 2.24) is 9.97 Å². The van der Waals surface area contributed by atoms with Gasteiger partial charge in [0.2, 0.25) is 0 Å². The van der Waals surface area contributed by atoms with Crippen molar-refractivity contribution in [2.45, 2.75) is 0 Å². The first-order valence-corrected chi connectivity index (χ1v) is 4.62. The highest BCUT2D eigenvalue weighted by Crippen LogP contribution is 2.20. The topological polar surface area (TPSA) is 75.1 Å². The van der Waals surface area contributed by atoms with Crippen LogP contribution in [0.2, 0.25) is 0 Å². The molecule has 0 radical (unpaired) electrons. The van der Waals surface area contributed by atoms with E-state index in [0.29, 0.717) is 11.3 Å². The number of pyridine rings is 2. The number of nitrogens with one attached hydrogen (secondary N) is 1. The number of rotatable bonds is 2. The molecule has 2 aromatic heterocycles. The molecule has 5 nitrogen and oxygen atoms in total. The Morgan fingerprint density at radius 2 is 1.81 bits per heavy atom. The fourth-order valence-electron chi connectivity index (χ4n) is 1.19. The number of carbonyl (C=O) groups excluding carboxylic acids is 1. The molecule has 0 saturated carbocycles. The van der Waals surface area contributed by atoms with Gasteiger partial charge in [-0.2, -0.15) is 0 Å². The van der Waals surface area contributed by atoms with Gasteiger partial charge in [0.1, 0.15) is 0 Å². The normalized spacial score (nSPS) is 9.75. The lowest BCUT2D eigenvalue weighted by atomic mass is 10.2. The fraction of sp³-hybridized carbons (Fsp3) is 0. The second kappa shape index (κ2) is 4.39. The summed E-state index contributed by atoms with van der Waals surface area (Å²) in [6.45, 7) is 0. The van der Waals surface area contributed by atoms with Crippen LogP contribution in [0.15, 0.2) is 43.0 Å². The number of anilines is 1. The van der Waals surface area contributed by atoms with Crippen LogP contribution in [-0.2, 0) is 0 Å². The van der Waals surface area contributed by atoms with Gasteiger partial charge in [0.15, 0.2) is 5.75 Å². The summed E-state index contributed by atoms with van der Waals surface area (Å²) in [4.78, 5) is 19.2. The van der Waals surface area contributed by atoms with Crippen LogP contribution in [0.3, 0.4) is 0 Å². The first kappa shape index (κ1) is 10.1. The molecule has 16 heavy (non-hydrogen) atoms. The molecule has 0 fully saturated rings. The van der Waals surface area contributed by atoms with Gasteiger partial charge in [-0.3, -0.25) is 14.8 Å². The molecule has 5 heteroatoms. The third-order valence-electron chi connectivity index (χ3n) is 1.99. The minimum atomic E-state index is -0.302. The number of aromatic hydroxyl groups is 1. The highest BCUT2D eigenvalue weighted by molar-refractivity contribution is 6.04. The monoisotopic (exact) mass is 215 g/mol. The van der Waals surface area contributed by atoms with E-state index in [4.69, 9.17) is 0 Å². The molecule has 0 aliphatic rings. The summed E-state index contributed by atoms with van der Waals surface area (Å²) < 4.78 is 0. The second-order valence-electron chi connectivity index (χ2n) is 3.08. The molecule has 0 unspecified atom stereocenters. The highest BCUT2D eigenvalue weighted by atomic mass is 16.3. The lowest BCUT2D eigenvalue weighted by Crippen LogP contribution is -2.11. The van der Waals surface area contributed by atoms with E-state index in [-0.39, 0.29) is 11.7 Å². The summed E-state index contributed by atoms with van der Waals surface area (Å²) in [5, 5.41) is 12.0. The van der Waals surface area contributed by atoms with Crippen molar-refractivity contribution in [3.05, 3.63) is 48.5 Å². The Kier molecular flexibility index (Phi) is 2.77. The van der Waals surface area contributed by atoms with Crippen LogP contribution in [-0.4, -0.2) is 21.0 Å². The fourth-order valence-corrected chi connectivity index (χ4v) is 1.19. The number of amides is 1. The zero-order valence-electron chi connectivity index (χ0n) is 8.29. The SMILES string of the molecule is O=C(Nc1ccncc1O)c1ccncc1. The molecule has 2 heterocycles. The zero-order valence-corrected chi connectivity index (χ0v) is 8.29. The zero-order chi connectivity index (χ0) is 11.4. The maximum absolute atomic E-state index is 11.7. The Bertz CT molecular complexity index is 500. The van der Waals surface area contributed by atoms with Crippen molar-refractivity contribution in [2.75, 3.05) is 5.32 Å². The Labute approximate surface area is 91.8 Å². The summed E-state index contributed by atoms with van der Waals surface area (Å²) in [6, 6.07) is 4.70. The van der Waals surface area contributed by atoms with Crippen LogP contribution in [0.4, 0.5) is 5.69 Å². The molecule has 0 aliphatic carbocycles. The number of carbonyl (C=O) groups is 1. The van der Waals surface area contributed by atoms with Crippen molar-refractivity contribution < 1.29 is 9.90 Å². The average molecular weight is 215 g/mol. The molecular formula is C11H9N3O2. The number of aromatic nitrogens is 2. The Morgan fingerprint density at radius 3 is 2.50 bits per heavy atom. The van der Waals surface area contributed by atoms with Crippen molar-refractivity contribution >= 4 is 11.6 Å². The van der Waals surface area contributed by atoms with Gasteiger partial charge in [0, 0.05) is 24.2 Å². The molecule has 0 atom stereocenters. The minimum Gasteiger partial charge on any atom is -0.504 e. The van der Waals surface area contributed by atoms with Crippen molar-refractivity contribution in [3.8, 4) is 5.75 Å². The largest absolute Gasteiger partial charge is 0.504 e. The van der Waals surface area contributed by atoms with Crippen LogP contribution in [0.25, 0.3) is 0 Å². The Morgan fingerprint density at radius 1 is 1.12 bits per heavy atom. The Balaban J connectivity index is 2.18. The van der Waals surface area contributed by atoms with E-state index in [9.17, 15) is 9.90 Å². The number of nitrogens with zero attached hydrogens (tertiary/aromatic N) is 2. The van der Waals surface area contributed by atoms with E-state index < -0.39 is 0 Å². The lowest BCUT2D eigenvalue weighted by Gasteiger charge is -2.05. The molecule has 1 amide bonds. The smallest absolute Gasteiger partial charge is 0.255 e. The van der Waals surface area contributed by atoms with Gasteiger partial charge in [-0.05, 0) is 18.2 Å². The molecule has 0 aromatic carbocycles. The Hall–Kier alpha value is -2.43. The molecule has 80 valence electrons. The molecule has 2 aromatic rings. The summed E-state index contributed by atoms with van der Waals surface area (Å²) in [7, 11) is 0. The maximum atomic E-state index is 11.7. The van der Waals surface area contributed by atoms with E-state index >= 15 is 0 Å². The van der Waals surface area contributed by atoms with Gasteiger partial charge >= 0.3 is 0 Å². The van der Waals surface area contributed by atoms with Crippen LogP contribution in [0.5, 0.6) is 5.75 Å². The molecule has 0 spiro atoms. The lowest BCUT2D eigenvalue weighted by molar-refractivity contribution is 0.102. The van der Waals surface area contributed by atoms with Gasteiger partial charge in [-0.15, -0.1) is 0 Å². The molecular weight excluding hydrogens is 206 g/mol. The maximum Gasteiger partial charge on any atom is 0.255 e. The summed E-state index contributed by atoms with van der Waals surface area (Å²) in [6.07, 6.45) is 5.81. The molecule has 2 rings (SSSR count). The number of hydrogen-bond donors (Lipinski definition) is 2. The van der Waals surface area contributed by atoms with Crippen molar-refractivity contribution in [3.63, 3.8) is 0 Å².